The molecule has 0 saturated carbocycles. The highest BCUT2D eigenvalue weighted by Crippen LogP contribution is 2.36. The number of ether oxygens (including phenoxy) is 2. The van der Waals surface area contributed by atoms with Gasteiger partial charge in [-0.2, -0.15) is 9.97 Å². The first kappa shape index (κ1) is 25.4. The van der Waals surface area contributed by atoms with Crippen LogP contribution in [0.5, 0.6) is 0 Å². The van der Waals surface area contributed by atoms with Crippen molar-refractivity contribution in [2.75, 3.05) is 68.6 Å². The highest BCUT2D eigenvalue weighted by Gasteiger charge is 2.30. The molecule has 2 aromatic rings. The summed E-state index contributed by atoms with van der Waals surface area (Å²) >= 11 is 7.40. The second kappa shape index (κ2) is 13.5. The highest BCUT2D eigenvalue weighted by molar-refractivity contribution is 7.99. The quantitative estimate of drug-likeness (QED) is 0.254. The molecule has 0 bridgehead atoms. The smallest absolute Gasteiger partial charge is 0.353 e. The lowest BCUT2D eigenvalue weighted by molar-refractivity contribution is -0.383. The molecular formula is C21H29ClN6O4S. The average Bonchev–Trinajstić information content (AvgIpc) is 2.85. The van der Waals surface area contributed by atoms with Crippen LogP contribution in [-0.2, 0) is 9.47 Å². The zero-order valence-electron chi connectivity index (χ0n) is 18.6. The zero-order valence-corrected chi connectivity index (χ0v) is 20.2. The van der Waals surface area contributed by atoms with Crippen LogP contribution in [-0.4, -0.2) is 73.3 Å². The molecule has 12 heteroatoms. The standard InChI is InChI=1S/C17H20ClN5O3S.C4H9NO/c1-2-11-27-17-20-15(19-13-5-3-12(18)4-6-13)14(23(24)25)16(21-17)22-7-9-26-10-8-22;1-3-6-4-2-5-1/h3-6H,2,7-11H2,1H3,(H,19,20,21);5H,1-4H2. The molecule has 2 fully saturated rings. The summed E-state index contributed by atoms with van der Waals surface area (Å²) in [4.78, 5) is 22.2. The van der Waals surface area contributed by atoms with E-state index < -0.39 is 4.92 Å². The van der Waals surface area contributed by atoms with Crippen LogP contribution in [0.3, 0.4) is 0 Å². The zero-order chi connectivity index (χ0) is 23.5. The lowest BCUT2D eigenvalue weighted by Crippen LogP contribution is -2.37. The summed E-state index contributed by atoms with van der Waals surface area (Å²) in [6.07, 6.45) is 0.956. The van der Waals surface area contributed by atoms with E-state index in [0.29, 0.717) is 48.0 Å². The van der Waals surface area contributed by atoms with Crippen molar-refractivity contribution in [2.24, 2.45) is 0 Å². The molecule has 0 atom stereocenters. The van der Waals surface area contributed by atoms with Crippen molar-refractivity contribution in [3.8, 4) is 0 Å². The largest absolute Gasteiger partial charge is 0.379 e. The van der Waals surface area contributed by atoms with Crippen LogP contribution >= 0.6 is 23.4 Å². The van der Waals surface area contributed by atoms with E-state index in [1.807, 2.05) is 4.90 Å². The second-order valence-corrected chi connectivity index (χ2v) is 8.72. The van der Waals surface area contributed by atoms with Crippen molar-refractivity contribution in [3.05, 3.63) is 39.4 Å². The van der Waals surface area contributed by atoms with E-state index in [2.05, 4.69) is 27.5 Å². The van der Waals surface area contributed by atoms with Crippen molar-refractivity contribution >= 4 is 46.4 Å². The van der Waals surface area contributed by atoms with Gasteiger partial charge < -0.3 is 25.0 Å². The number of halogens is 1. The maximum atomic E-state index is 11.9. The Kier molecular flexibility index (Phi) is 10.4. The number of anilines is 3. The lowest BCUT2D eigenvalue weighted by atomic mass is 10.3. The number of benzene rings is 1. The molecule has 1 aromatic carbocycles. The van der Waals surface area contributed by atoms with Crippen molar-refractivity contribution in [3.63, 3.8) is 0 Å². The molecule has 10 nitrogen and oxygen atoms in total. The minimum absolute atomic E-state index is 0.132. The van der Waals surface area contributed by atoms with Crippen molar-refractivity contribution in [1.82, 2.24) is 15.3 Å². The van der Waals surface area contributed by atoms with E-state index in [-0.39, 0.29) is 11.5 Å². The highest BCUT2D eigenvalue weighted by atomic mass is 35.5. The summed E-state index contributed by atoms with van der Waals surface area (Å²) in [5, 5.41) is 19.2. The van der Waals surface area contributed by atoms with Crippen molar-refractivity contribution < 1.29 is 14.4 Å². The number of nitro groups is 1. The van der Waals surface area contributed by atoms with E-state index >= 15 is 0 Å². The Labute approximate surface area is 202 Å². The summed E-state index contributed by atoms with van der Waals surface area (Å²) in [6, 6.07) is 6.93. The lowest BCUT2D eigenvalue weighted by Gasteiger charge is -2.28. The molecule has 4 rings (SSSR count). The van der Waals surface area contributed by atoms with Gasteiger partial charge in [-0.1, -0.05) is 30.3 Å². The monoisotopic (exact) mass is 496 g/mol. The summed E-state index contributed by atoms with van der Waals surface area (Å²) < 4.78 is 10.4. The number of hydrogen-bond donors (Lipinski definition) is 2. The Morgan fingerprint density at radius 2 is 1.82 bits per heavy atom. The maximum absolute atomic E-state index is 11.9. The fourth-order valence-electron chi connectivity index (χ4n) is 3.12. The molecule has 2 aliphatic rings. The number of thioether (sulfide) groups is 1. The average molecular weight is 497 g/mol. The first-order valence-electron chi connectivity index (χ1n) is 10.9. The molecule has 0 radical (unpaired) electrons. The predicted octanol–water partition coefficient (Wildman–Crippen LogP) is 3.73. The number of rotatable bonds is 7. The van der Waals surface area contributed by atoms with Crippen LogP contribution in [0.4, 0.5) is 23.0 Å². The number of aromatic nitrogens is 2. The number of morpholine rings is 2. The van der Waals surface area contributed by atoms with Crippen molar-refractivity contribution in [2.45, 2.75) is 18.5 Å². The Morgan fingerprint density at radius 1 is 1.15 bits per heavy atom. The van der Waals surface area contributed by atoms with Gasteiger partial charge in [-0.15, -0.1) is 0 Å². The fourth-order valence-corrected chi connectivity index (χ4v) is 3.94. The Morgan fingerprint density at radius 3 is 2.36 bits per heavy atom. The summed E-state index contributed by atoms with van der Waals surface area (Å²) in [7, 11) is 0. The van der Waals surface area contributed by atoms with Crippen LogP contribution in [0, 0.1) is 10.1 Å². The Bertz CT molecular complexity index is 884. The molecule has 0 amide bonds. The second-order valence-electron chi connectivity index (χ2n) is 7.23. The van der Waals surface area contributed by atoms with Crippen LogP contribution in [0.1, 0.15) is 13.3 Å². The van der Waals surface area contributed by atoms with Gasteiger partial charge in [-0.05, 0) is 30.7 Å². The van der Waals surface area contributed by atoms with Gasteiger partial charge in [0.15, 0.2) is 5.16 Å². The number of nitrogens with one attached hydrogen (secondary N) is 2. The van der Waals surface area contributed by atoms with E-state index in [4.69, 9.17) is 21.1 Å². The SMILES string of the molecule is C1COCCN1.CCCSc1nc(Nc2ccc(Cl)cc2)c([N+](=O)[O-])c(N2CCOCC2)n1. The van der Waals surface area contributed by atoms with E-state index in [0.717, 1.165) is 38.5 Å². The van der Waals surface area contributed by atoms with Gasteiger partial charge in [0.2, 0.25) is 11.6 Å². The number of nitrogens with zero attached hydrogens (tertiary/aromatic N) is 4. The van der Waals surface area contributed by atoms with Gasteiger partial charge in [0.1, 0.15) is 0 Å². The van der Waals surface area contributed by atoms with Crippen LogP contribution in [0.15, 0.2) is 29.4 Å². The minimum Gasteiger partial charge on any atom is -0.379 e. The van der Waals surface area contributed by atoms with Gasteiger partial charge in [-0.3, -0.25) is 10.1 Å². The van der Waals surface area contributed by atoms with Gasteiger partial charge in [0.25, 0.3) is 0 Å². The van der Waals surface area contributed by atoms with E-state index in [1.54, 1.807) is 24.3 Å². The van der Waals surface area contributed by atoms with E-state index in [9.17, 15) is 10.1 Å². The third kappa shape index (κ3) is 7.97. The maximum Gasteiger partial charge on any atom is 0.353 e. The van der Waals surface area contributed by atoms with Crippen LogP contribution in [0.2, 0.25) is 5.02 Å². The van der Waals surface area contributed by atoms with Gasteiger partial charge in [0.05, 0.1) is 31.4 Å². The number of hydrogen-bond acceptors (Lipinski definition) is 10. The Hall–Kier alpha value is -2.18. The Balaban J connectivity index is 0.000000442. The van der Waals surface area contributed by atoms with Gasteiger partial charge in [0, 0.05) is 42.6 Å². The van der Waals surface area contributed by atoms with Crippen molar-refractivity contribution in [1.29, 1.82) is 0 Å². The summed E-state index contributed by atoms with van der Waals surface area (Å²) in [5.74, 6) is 1.34. The molecule has 33 heavy (non-hydrogen) atoms. The third-order valence-electron chi connectivity index (χ3n) is 4.73. The molecule has 2 N–H and O–H groups in total. The molecular weight excluding hydrogens is 468 g/mol. The fraction of sp³-hybridized carbons (Fsp3) is 0.524. The molecule has 1 aromatic heterocycles. The molecule has 3 heterocycles. The topological polar surface area (TPSA) is 115 Å². The normalized spacial score (nSPS) is 16.0. The molecule has 0 unspecified atom stereocenters. The summed E-state index contributed by atoms with van der Waals surface area (Å²) in [6.45, 7) is 8.03. The van der Waals surface area contributed by atoms with E-state index in [1.165, 1.54) is 11.8 Å². The summed E-state index contributed by atoms with van der Waals surface area (Å²) in [5.41, 5.74) is 0.535. The first-order chi connectivity index (χ1) is 16.1. The first-order valence-corrected chi connectivity index (χ1v) is 12.3. The minimum atomic E-state index is -0.433. The van der Waals surface area contributed by atoms with Crippen LogP contribution < -0.4 is 15.5 Å². The molecule has 0 aliphatic carbocycles. The molecule has 180 valence electrons. The van der Waals surface area contributed by atoms with Gasteiger partial charge >= 0.3 is 5.69 Å². The predicted molar refractivity (Wildman–Crippen MR) is 131 cm³/mol. The third-order valence-corrected chi connectivity index (χ3v) is 6.03. The molecule has 0 spiro atoms. The van der Waals surface area contributed by atoms with Gasteiger partial charge in [-0.25, -0.2) is 0 Å². The molecule has 2 saturated heterocycles. The molecule has 2 aliphatic heterocycles. The van der Waals surface area contributed by atoms with Crippen LogP contribution in [0.25, 0.3) is 0 Å².